The van der Waals surface area contributed by atoms with Gasteiger partial charge in [0.25, 0.3) is 0 Å². The molecule has 0 aromatic heterocycles. The van der Waals surface area contributed by atoms with Gasteiger partial charge < -0.3 is 34.6 Å². The largest absolute Gasteiger partial charge is 0.462 e. The van der Waals surface area contributed by atoms with E-state index in [0.29, 0.717) is 6.42 Å². The van der Waals surface area contributed by atoms with E-state index in [0.717, 1.165) is 18.2 Å². The molecule has 0 radical (unpaired) electrons. The lowest BCUT2D eigenvalue weighted by atomic mass is 9.88. The van der Waals surface area contributed by atoms with E-state index in [1.54, 1.807) is 6.92 Å². The number of rotatable bonds is 14. The van der Waals surface area contributed by atoms with Crippen LogP contribution >= 0.6 is 0 Å². The first-order valence-electron chi connectivity index (χ1n) is 8.98. The van der Waals surface area contributed by atoms with Gasteiger partial charge in [-0.05, 0) is 6.42 Å². The molecule has 0 bridgehead atoms. The molecule has 0 aliphatic rings. The Balaban J connectivity index is 0. The first kappa shape index (κ1) is 29.7. The van der Waals surface area contributed by atoms with Crippen molar-refractivity contribution < 1.29 is 49.0 Å². The molecule has 0 rings (SSSR count). The number of aliphatic hydroxyl groups is 4. The summed E-state index contributed by atoms with van der Waals surface area (Å²) in [6, 6.07) is 0. The second-order valence-corrected chi connectivity index (χ2v) is 6.42. The number of aliphatic hydroxyl groups excluding tert-OH is 4. The van der Waals surface area contributed by atoms with Gasteiger partial charge in [0.1, 0.15) is 19.8 Å². The Morgan fingerprint density at radius 1 is 0.667 bits per heavy atom. The summed E-state index contributed by atoms with van der Waals surface area (Å²) in [5.41, 5.74) is -1.95. The highest BCUT2D eigenvalue weighted by Crippen LogP contribution is 2.24. The van der Waals surface area contributed by atoms with Crippen molar-refractivity contribution in [2.24, 2.45) is 10.8 Å². The first-order chi connectivity index (χ1) is 14.2. The molecule has 0 unspecified atom stereocenters. The number of carbonyl (C=O) groups is 3. The predicted molar refractivity (Wildman–Crippen MR) is 107 cm³/mol. The van der Waals surface area contributed by atoms with Gasteiger partial charge in [-0.3, -0.25) is 0 Å². The van der Waals surface area contributed by atoms with Crippen LogP contribution in [0, 0.1) is 10.8 Å². The van der Waals surface area contributed by atoms with E-state index in [2.05, 4.69) is 19.7 Å². The number of hydrogen-bond acceptors (Lipinski definition) is 10. The molecular formula is C20H32O10. The molecule has 0 spiro atoms. The summed E-state index contributed by atoms with van der Waals surface area (Å²) < 4.78 is 15.0. The lowest BCUT2D eigenvalue weighted by Gasteiger charge is -2.30. The van der Waals surface area contributed by atoms with Crippen LogP contribution in [0.5, 0.6) is 0 Å². The van der Waals surface area contributed by atoms with E-state index in [1.807, 2.05) is 0 Å². The van der Waals surface area contributed by atoms with E-state index >= 15 is 0 Å². The van der Waals surface area contributed by atoms with E-state index in [4.69, 9.17) is 34.6 Å². The third-order valence-corrected chi connectivity index (χ3v) is 4.15. The molecule has 0 aromatic carbocycles. The number of carbonyl (C=O) groups excluding carboxylic acids is 3. The summed E-state index contributed by atoms with van der Waals surface area (Å²) in [6.45, 7) is 9.80. The Hall–Kier alpha value is -2.53. The summed E-state index contributed by atoms with van der Waals surface area (Å²) in [5.74, 6) is -1.84. The lowest BCUT2D eigenvalue weighted by Crippen LogP contribution is -2.38. The normalized spacial score (nSPS) is 10.7. The average molecular weight is 432 g/mol. The SMILES string of the molecule is C=CC(=O)OCC(CC)(COC(=O)C=C)COC(=O)C=C.OCC(CO)(CO)CO. The van der Waals surface area contributed by atoms with Gasteiger partial charge in [0.05, 0.1) is 37.3 Å². The zero-order valence-electron chi connectivity index (χ0n) is 17.2. The van der Waals surface area contributed by atoms with E-state index in [1.165, 1.54) is 0 Å². The average Bonchev–Trinajstić information content (AvgIpc) is 2.80. The molecule has 0 atom stereocenters. The van der Waals surface area contributed by atoms with Crippen LogP contribution in [0.15, 0.2) is 38.0 Å². The molecule has 0 fully saturated rings. The van der Waals surface area contributed by atoms with Gasteiger partial charge in [0.2, 0.25) is 0 Å². The molecular weight excluding hydrogens is 400 g/mol. The second-order valence-electron chi connectivity index (χ2n) is 6.42. The van der Waals surface area contributed by atoms with E-state index < -0.39 is 55.2 Å². The van der Waals surface area contributed by atoms with Crippen molar-refractivity contribution in [3.8, 4) is 0 Å². The quantitative estimate of drug-likeness (QED) is 0.160. The van der Waals surface area contributed by atoms with Crippen LogP contribution in [0.2, 0.25) is 0 Å². The van der Waals surface area contributed by atoms with Gasteiger partial charge >= 0.3 is 17.9 Å². The third kappa shape index (κ3) is 11.5. The number of esters is 3. The standard InChI is InChI=1S/C15H20O6.C5H12O4/c1-5-12(16)19-9-15(8-4,10-20-13(17)6-2)11-21-14(18)7-3;6-1-5(2-7,3-8)4-9/h5-7H,1-3,8-11H2,4H3;6-9H,1-4H2. The van der Waals surface area contributed by atoms with Gasteiger partial charge in [-0.25, -0.2) is 14.4 Å². The summed E-state index contributed by atoms with van der Waals surface area (Å²) in [5, 5.41) is 34.0. The van der Waals surface area contributed by atoms with Gasteiger partial charge in [-0.15, -0.1) is 0 Å². The number of ether oxygens (including phenoxy) is 3. The van der Waals surface area contributed by atoms with Crippen molar-refractivity contribution in [2.45, 2.75) is 13.3 Å². The maximum Gasteiger partial charge on any atom is 0.330 e. The topological polar surface area (TPSA) is 160 Å². The minimum absolute atomic E-state index is 0.0802. The van der Waals surface area contributed by atoms with E-state index in [-0.39, 0.29) is 19.8 Å². The Morgan fingerprint density at radius 3 is 1.07 bits per heavy atom. The minimum Gasteiger partial charge on any atom is -0.462 e. The molecule has 0 aliphatic heterocycles. The Morgan fingerprint density at radius 2 is 0.933 bits per heavy atom. The second kappa shape index (κ2) is 16.3. The first-order valence-corrected chi connectivity index (χ1v) is 8.98. The third-order valence-electron chi connectivity index (χ3n) is 4.15. The van der Waals surface area contributed by atoms with Crippen LogP contribution < -0.4 is 0 Å². The summed E-state index contributed by atoms with van der Waals surface area (Å²) in [4.78, 5) is 33.5. The maximum absolute atomic E-state index is 11.2. The molecule has 10 nitrogen and oxygen atoms in total. The van der Waals surface area contributed by atoms with Crippen molar-refractivity contribution in [3.05, 3.63) is 38.0 Å². The van der Waals surface area contributed by atoms with Crippen LogP contribution in [0.25, 0.3) is 0 Å². The van der Waals surface area contributed by atoms with Gasteiger partial charge in [0, 0.05) is 18.2 Å². The highest BCUT2D eigenvalue weighted by molar-refractivity contribution is 5.82. The summed E-state index contributed by atoms with van der Waals surface area (Å²) in [7, 11) is 0. The molecule has 4 N–H and O–H groups in total. The van der Waals surface area contributed by atoms with Crippen molar-refractivity contribution in [3.63, 3.8) is 0 Å². The van der Waals surface area contributed by atoms with Crippen LogP contribution in [0.3, 0.4) is 0 Å². The molecule has 0 saturated carbocycles. The Kier molecular flexibility index (Phi) is 16.1. The smallest absolute Gasteiger partial charge is 0.330 e. The Labute approximate surface area is 176 Å². The van der Waals surface area contributed by atoms with Crippen LogP contribution in [-0.4, -0.2) is 84.6 Å². The van der Waals surface area contributed by atoms with Gasteiger partial charge in [-0.1, -0.05) is 26.7 Å². The van der Waals surface area contributed by atoms with Crippen molar-refractivity contribution in [1.82, 2.24) is 0 Å². The molecule has 0 aliphatic carbocycles. The summed E-state index contributed by atoms with van der Waals surface area (Å²) >= 11 is 0. The van der Waals surface area contributed by atoms with Crippen molar-refractivity contribution >= 4 is 17.9 Å². The van der Waals surface area contributed by atoms with Crippen molar-refractivity contribution in [1.29, 1.82) is 0 Å². The Bertz CT molecular complexity index is 489. The van der Waals surface area contributed by atoms with Crippen LogP contribution in [0.1, 0.15) is 13.3 Å². The van der Waals surface area contributed by atoms with Crippen molar-refractivity contribution in [2.75, 3.05) is 46.2 Å². The fourth-order valence-corrected chi connectivity index (χ4v) is 1.58. The highest BCUT2D eigenvalue weighted by Gasteiger charge is 2.33. The monoisotopic (exact) mass is 432 g/mol. The molecule has 10 heteroatoms. The zero-order valence-corrected chi connectivity index (χ0v) is 17.2. The molecule has 172 valence electrons. The molecule has 0 saturated heterocycles. The lowest BCUT2D eigenvalue weighted by molar-refractivity contribution is -0.156. The van der Waals surface area contributed by atoms with Crippen LogP contribution in [0.4, 0.5) is 0 Å². The fraction of sp³-hybridized carbons (Fsp3) is 0.550. The number of hydrogen-bond donors (Lipinski definition) is 4. The molecule has 0 amide bonds. The fourth-order valence-electron chi connectivity index (χ4n) is 1.58. The molecule has 0 aromatic rings. The molecule has 30 heavy (non-hydrogen) atoms. The summed E-state index contributed by atoms with van der Waals surface area (Å²) in [6.07, 6.45) is 3.51. The van der Waals surface area contributed by atoms with E-state index in [9.17, 15) is 14.4 Å². The zero-order chi connectivity index (χ0) is 23.6. The maximum atomic E-state index is 11.2. The minimum atomic E-state index is -1.11. The highest BCUT2D eigenvalue weighted by atomic mass is 16.6. The van der Waals surface area contributed by atoms with Gasteiger partial charge in [0.15, 0.2) is 0 Å². The molecule has 0 heterocycles. The van der Waals surface area contributed by atoms with Crippen LogP contribution in [-0.2, 0) is 28.6 Å². The predicted octanol–water partition coefficient (Wildman–Crippen LogP) is -0.488. The van der Waals surface area contributed by atoms with Gasteiger partial charge in [-0.2, -0.15) is 0 Å².